The number of aromatic nitrogens is 3. The van der Waals surface area contributed by atoms with Gasteiger partial charge in [-0.1, -0.05) is 5.92 Å². The molecule has 0 aliphatic heterocycles. The first kappa shape index (κ1) is 11.0. The first-order valence-corrected chi connectivity index (χ1v) is 5.04. The molecule has 0 unspecified atom stereocenters. The molecule has 0 aromatic carbocycles. The van der Waals surface area contributed by atoms with E-state index in [9.17, 15) is 4.79 Å². The van der Waals surface area contributed by atoms with Crippen LogP contribution in [0.25, 0.3) is 11.2 Å². The van der Waals surface area contributed by atoms with Gasteiger partial charge in [0.2, 0.25) is 0 Å². The summed E-state index contributed by atoms with van der Waals surface area (Å²) in [7, 11) is 0. The zero-order valence-electron chi connectivity index (χ0n) is 8.92. The third kappa shape index (κ3) is 2.98. The molecule has 2 aromatic heterocycles. The number of fused-ring (bicyclic) bond motifs is 1. The molecule has 0 bridgehead atoms. The fourth-order valence-electron chi connectivity index (χ4n) is 1.25. The van der Waals surface area contributed by atoms with Crippen LogP contribution in [0, 0.1) is 11.8 Å². The van der Waals surface area contributed by atoms with Crippen LogP contribution in [-0.4, -0.2) is 26.0 Å². The average molecular weight is 227 g/mol. The fraction of sp³-hybridized carbons (Fsp3) is 0.167. The van der Waals surface area contributed by atoms with E-state index in [1.54, 1.807) is 24.5 Å². The van der Waals surface area contributed by atoms with Gasteiger partial charge in [0.25, 0.3) is 0 Å². The molecule has 0 fully saturated rings. The van der Waals surface area contributed by atoms with Gasteiger partial charge in [-0.3, -0.25) is 9.78 Å². The van der Waals surface area contributed by atoms with Crippen molar-refractivity contribution in [1.82, 2.24) is 15.0 Å². The highest BCUT2D eigenvalue weighted by Gasteiger charge is 1.97. The van der Waals surface area contributed by atoms with Gasteiger partial charge in [0.1, 0.15) is 11.2 Å². The van der Waals surface area contributed by atoms with Gasteiger partial charge in [0, 0.05) is 18.8 Å². The highest BCUT2D eigenvalue weighted by molar-refractivity contribution is 5.69. The topological polar surface area (TPSA) is 76.0 Å². The molecule has 1 N–H and O–H groups in total. The number of nitrogens with zero attached hydrogens (tertiary/aromatic N) is 3. The van der Waals surface area contributed by atoms with Gasteiger partial charge in [-0.25, -0.2) is 9.97 Å². The number of carboxylic acids is 1. The molecule has 84 valence electrons. The third-order valence-electron chi connectivity index (χ3n) is 2.01. The van der Waals surface area contributed by atoms with Crippen molar-refractivity contribution in [2.24, 2.45) is 0 Å². The van der Waals surface area contributed by atoms with Crippen molar-refractivity contribution in [3.05, 3.63) is 30.2 Å². The number of pyridine rings is 1. The summed E-state index contributed by atoms with van der Waals surface area (Å²) in [6.07, 6.45) is 3.52. The quantitative estimate of drug-likeness (QED) is 0.781. The lowest BCUT2D eigenvalue weighted by molar-refractivity contribution is -0.136. The molecule has 0 spiro atoms. The van der Waals surface area contributed by atoms with Crippen molar-refractivity contribution in [3.8, 4) is 11.8 Å². The van der Waals surface area contributed by atoms with Crippen LogP contribution in [0.2, 0.25) is 0 Å². The zero-order valence-corrected chi connectivity index (χ0v) is 8.92. The molecule has 0 saturated carbocycles. The van der Waals surface area contributed by atoms with Crippen molar-refractivity contribution in [2.75, 3.05) is 0 Å². The minimum Gasteiger partial charge on any atom is -0.481 e. The summed E-state index contributed by atoms with van der Waals surface area (Å²) in [6.45, 7) is 0. The maximum Gasteiger partial charge on any atom is 0.304 e. The van der Waals surface area contributed by atoms with E-state index in [2.05, 4.69) is 26.8 Å². The van der Waals surface area contributed by atoms with Crippen molar-refractivity contribution in [1.29, 1.82) is 0 Å². The molecular formula is C12H9N3O2. The van der Waals surface area contributed by atoms with E-state index in [0.717, 1.165) is 0 Å². The predicted octanol–water partition coefficient (Wildman–Crippen LogP) is 1.24. The second kappa shape index (κ2) is 5.03. The van der Waals surface area contributed by atoms with Crippen LogP contribution < -0.4 is 0 Å². The molecule has 2 aromatic rings. The van der Waals surface area contributed by atoms with Crippen molar-refractivity contribution < 1.29 is 9.90 Å². The summed E-state index contributed by atoms with van der Waals surface area (Å²) in [5, 5.41) is 8.45. The molecule has 2 heterocycles. The van der Waals surface area contributed by atoms with Crippen LogP contribution in [0.1, 0.15) is 18.5 Å². The van der Waals surface area contributed by atoms with Gasteiger partial charge < -0.3 is 5.11 Å². The van der Waals surface area contributed by atoms with Gasteiger partial charge in [-0.2, -0.15) is 0 Å². The smallest absolute Gasteiger partial charge is 0.304 e. The van der Waals surface area contributed by atoms with Crippen LogP contribution in [0.15, 0.2) is 24.5 Å². The summed E-state index contributed by atoms with van der Waals surface area (Å²) in [6, 6.07) is 3.53. The van der Waals surface area contributed by atoms with Crippen LogP contribution in [0.3, 0.4) is 0 Å². The number of carboxylic acid groups (broad SMARTS) is 1. The third-order valence-corrected chi connectivity index (χ3v) is 2.01. The first-order valence-electron chi connectivity index (χ1n) is 5.04. The summed E-state index contributed by atoms with van der Waals surface area (Å²) < 4.78 is 0. The Morgan fingerprint density at radius 3 is 2.94 bits per heavy atom. The monoisotopic (exact) mass is 227 g/mol. The molecule has 0 aliphatic rings. The van der Waals surface area contributed by atoms with Crippen LogP contribution in [0.5, 0.6) is 0 Å². The maximum absolute atomic E-state index is 10.3. The van der Waals surface area contributed by atoms with Gasteiger partial charge >= 0.3 is 5.97 Å². The van der Waals surface area contributed by atoms with Gasteiger partial charge in [-0.05, 0) is 18.1 Å². The minimum absolute atomic E-state index is 0.0421. The number of carbonyl (C=O) groups is 1. The van der Waals surface area contributed by atoms with E-state index in [4.69, 9.17) is 5.11 Å². The first-order chi connectivity index (χ1) is 8.25. The normalized spacial score (nSPS) is 9.65. The van der Waals surface area contributed by atoms with Crippen molar-refractivity contribution in [3.63, 3.8) is 0 Å². The van der Waals surface area contributed by atoms with Crippen molar-refractivity contribution >= 4 is 17.1 Å². The molecule has 0 atom stereocenters. The minimum atomic E-state index is -0.850. The summed E-state index contributed by atoms with van der Waals surface area (Å²) in [4.78, 5) is 22.6. The molecule has 0 radical (unpaired) electrons. The Balaban J connectivity index is 2.16. The molecule has 0 aliphatic carbocycles. The molecule has 5 heteroatoms. The summed E-state index contributed by atoms with van der Waals surface area (Å²) >= 11 is 0. The summed E-state index contributed by atoms with van der Waals surface area (Å²) in [5.41, 5.74) is 1.82. The maximum atomic E-state index is 10.3. The van der Waals surface area contributed by atoms with E-state index in [1.165, 1.54) is 0 Å². The second-order valence-corrected chi connectivity index (χ2v) is 3.29. The van der Waals surface area contributed by atoms with Crippen molar-refractivity contribution in [2.45, 2.75) is 12.8 Å². The SMILES string of the molecule is O=C(O)CCC#Cc1ccc2nccnc2n1. The summed E-state index contributed by atoms with van der Waals surface area (Å²) in [5.74, 6) is 4.71. The largest absolute Gasteiger partial charge is 0.481 e. The lowest BCUT2D eigenvalue weighted by Gasteiger charge is -1.94. The molecular weight excluding hydrogens is 218 g/mol. The Bertz CT molecular complexity index is 614. The van der Waals surface area contributed by atoms with Gasteiger partial charge in [-0.15, -0.1) is 0 Å². The second-order valence-electron chi connectivity index (χ2n) is 3.29. The average Bonchev–Trinajstić information content (AvgIpc) is 2.34. The number of hydrogen-bond acceptors (Lipinski definition) is 4. The predicted molar refractivity (Wildman–Crippen MR) is 61.1 cm³/mol. The van der Waals surface area contributed by atoms with Crippen LogP contribution >= 0.6 is 0 Å². The van der Waals surface area contributed by atoms with E-state index in [1.807, 2.05) is 0 Å². The zero-order chi connectivity index (χ0) is 12.1. The Morgan fingerprint density at radius 2 is 2.12 bits per heavy atom. The molecule has 5 nitrogen and oxygen atoms in total. The lowest BCUT2D eigenvalue weighted by Crippen LogP contribution is -1.92. The highest BCUT2D eigenvalue weighted by atomic mass is 16.4. The Hall–Kier alpha value is -2.48. The molecule has 0 saturated heterocycles. The van der Waals surface area contributed by atoms with Crippen LogP contribution in [-0.2, 0) is 4.79 Å². The standard InChI is InChI=1S/C12H9N3O2/c16-11(17)4-2-1-3-9-5-6-10-12(15-9)14-8-7-13-10/h5-8H,2,4H2,(H,16,17). The number of rotatable bonds is 2. The van der Waals surface area contributed by atoms with Gasteiger partial charge in [0.05, 0.1) is 6.42 Å². The van der Waals surface area contributed by atoms with E-state index in [-0.39, 0.29) is 6.42 Å². The number of aliphatic carboxylic acids is 1. The van der Waals surface area contributed by atoms with Gasteiger partial charge in [0.15, 0.2) is 5.65 Å². The van der Waals surface area contributed by atoms with Crippen LogP contribution in [0.4, 0.5) is 0 Å². The molecule has 2 rings (SSSR count). The van der Waals surface area contributed by atoms with E-state index < -0.39 is 5.97 Å². The number of hydrogen-bond donors (Lipinski definition) is 1. The highest BCUT2D eigenvalue weighted by Crippen LogP contribution is 2.05. The Morgan fingerprint density at radius 1 is 1.29 bits per heavy atom. The van der Waals surface area contributed by atoms with E-state index in [0.29, 0.717) is 23.3 Å². The molecule has 17 heavy (non-hydrogen) atoms. The molecule has 0 amide bonds. The fourth-order valence-corrected chi connectivity index (χ4v) is 1.25. The van der Waals surface area contributed by atoms with E-state index >= 15 is 0 Å². The Labute approximate surface area is 97.6 Å². The lowest BCUT2D eigenvalue weighted by atomic mass is 10.3. The Kier molecular flexibility index (Phi) is 3.26.